The first-order valence-electron chi connectivity index (χ1n) is 6.03. The molecule has 2 fully saturated rings. The zero-order valence-corrected chi connectivity index (χ0v) is 10.6. The summed E-state index contributed by atoms with van der Waals surface area (Å²) in [7, 11) is 1.31. The zero-order chi connectivity index (χ0) is 14.5. The van der Waals surface area contributed by atoms with E-state index >= 15 is 0 Å². The Balaban J connectivity index is 2.00. The van der Waals surface area contributed by atoms with Gasteiger partial charge in [0, 0.05) is 6.07 Å². The molecular weight excluding hydrogens is 267 g/mol. The van der Waals surface area contributed by atoms with Crippen molar-refractivity contribution in [2.45, 2.75) is 12.8 Å². The SMILES string of the molecule is COc1ccc(N2C(=O)NC(=O)C3(CC3)C2=O)cc1F. The lowest BCUT2D eigenvalue weighted by molar-refractivity contribution is -0.136. The van der Waals surface area contributed by atoms with Crippen LogP contribution in [0.3, 0.4) is 0 Å². The Kier molecular flexibility index (Phi) is 2.53. The smallest absolute Gasteiger partial charge is 0.335 e. The van der Waals surface area contributed by atoms with Crippen molar-refractivity contribution < 1.29 is 23.5 Å². The maximum atomic E-state index is 13.7. The zero-order valence-electron chi connectivity index (χ0n) is 10.6. The van der Waals surface area contributed by atoms with E-state index in [1.807, 2.05) is 0 Å². The van der Waals surface area contributed by atoms with Crippen LogP contribution >= 0.6 is 0 Å². The van der Waals surface area contributed by atoms with Gasteiger partial charge in [-0.3, -0.25) is 14.9 Å². The second kappa shape index (κ2) is 4.03. The molecule has 0 aromatic heterocycles. The van der Waals surface area contributed by atoms with Crippen molar-refractivity contribution in [1.82, 2.24) is 5.32 Å². The molecule has 0 bridgehead atoms. The number of nitrogens with zero attached hydrogens (tertiary/aromatic N) is 1. The molecule has 0 unspecified atom stereocenters. The van der Waals surface area contributed by atoms with E-state index < -0.39 is 29.1 Å². The van der Waals surface area contributed by atoms with Gasteiger partial charge in [-0.05, 0) is 25.0 Å². The number of rotatable bonds is 2. The largest absolute Gasteiger partial charge is 0.494 e. The highest BCUT2D eigenvalue weighted by Gasteiger charge is 2.62. The molecule has 0 radical (unpaired) electrons. The quantitative estimate of drug-likeness (QED) is 0.825. The summed E-state index contributed by atoms with van der Waals surface area (Å²) >= 11 is 0. The molecule has 1 saturated carbocycles. The Morgan fingerprint density at radius 3 is 2.55 bits per heavy atom. The molecule has 1 N–H and O–H groups in total. The van der Waals surface area contributed by atoms with E-state index in [9.17, 15) is 18.8 Å². The third-order valence-electron chi connectivity index (χ3n) is 3.61. The average molecular weight is 278 g/mol. The highest BCUT2D eigenvalue weighted by molar-refractivity contribution is 6.31. The predicted octanol–water partition coefficient (Wildman–Crippen LogP) is 1.20. The van der Waals surface area contributed by atoms with Gasteiger partial charge in [0.15, 0.2) is 11.6 Å². The van der Waals surface area contributed by atoms with Crippen LogP contribution in [0.5, 0.6) is 5.75 Å². The molecule has 1 aliphatic carbocycles. The Bertz CT molecular complexity index is 639. The molecule has 1 heterocycles. The number of hydrogen-bond acceptors (Lipinski definition) is 4. The molecule has 1 spiro atoms. The number of urea groups is 1. The number of amides is 4. The number of hydrogen-bond donors (Lipinski definition) is 1. The van der Waals surface area contributed by atoms with Gasteiger partial charge in [0.2, 0.25) is 5.91 Å². The molecule has 20 heavy (non-hydrogen) atoms. The van der Waals surface area contributed by atoms with Crippen LogP contribution in [0, 0.1) is 11.2 Å². The summed E-state index contributed by atoms with van der Waals surface area (Å²) in [6.07, 6.45) is 0.806. The van der Waals surface area contributed by atoms with Crippen LogP contribution in [0.1, 0.15) is 12.8 Å². The predicted molar refractivity (Wildman–Crippen MR) is 65.6 cm³/mol. The number of barbiturate groups is 1. The minimum Gasteiger partial charge on any atom is -0.494 e. The number of methoxy groups -OCH3 is 1. The fourth-order valence-corrected chi connectivity index (χ4v) is 2.27. The van der Waals surface area contributed by atoms with Gasteiger partial charge in [-0.15, -0.1) is 0 Å². The first-order chi connectivity index (χ1) is 9.49. The molecule has 2 aliphatic rings. The van der Waals surface area contributed by atoms with Crippen molar-refractivity contribution in [2.75, 3.05) is 12.0 Å². The third kappa shape index (κ3) is 1.59. The number of carbonyl (C=O) groups excluding carboxylic acids is 3. The highest BCUT2D eigenvalue weighted by Crippen LogP contribution is 2.49. The first kappa shape index (κ1) is 12.6. The second-order valence-corrected chi connectivity index (χ2v) is 4.80. The minimum absolute atomic E-state index is 0.0100. The summed E-state index contributed by atoms with van der Waals surface area (Å²) in [5.41, 5.74) is -1.07. The maximum Gasteiger partial charge on any atom is 0.335 e. The summed E-state index contributed by atoms with van der Waals surface area (Å²) in [5, 5.41) is 2.13. The molecule has 1 aromatic rings. The normalized spacial score (nSPS) is 20.1. The van der Waals surface area contributed by atoms with Gasteiger partial charge in [-0.25, -0.2) is 14.1 Å². The fourth-order valence-electron chi connectivity index (χ4n) is 2.27. The van der Waals surface area contributed by atoms with Crippen molar-refractivity contribution in [3.63, 3.8) is 0 Å². The van der Waals surface area contributed by atoms with Crippen molar-refractivity contribution in [3.8, 4) is 5.75 Å². The number of benzene rings is 1. The van der Waals surface area contributed by atoms with Crippen LogP contribution in [-0.2, 0) is 9.59 Å². The molecule has 1 saturated heterocycles. The minimum atomic E-state index is -1.15. The summed E-state index contributed by atoms with van der Waals surface area (Å²) < 4.78 is 18.5. The molecule has 0 atom stereocenters. The van der Waals surface area contributed by atoms with Crippen molar-refractivity contribution >= 4 is 23.5 Å². The monoisotopic (exact) mass is 278 g/mol. The summed E-state index contributed by atoms with van der Waals surface area (Å²) in [5.74, 6) is -1.85. The maximum absolute atomic E-state index is 13.7. The van der Waals surface area contributed by atoms with E-state index in [2.05, 4.69) is 5.32 Å². The van der Waals surface area contributed by atoms with Gasteiger partial charge in [-0.2, -0.15) is 0 Å². The highest BCUT2D eigenvalue weighted by atomic mass is 19.1. The van der Waals surface area contributed by atoms with Crippen molar-refractivity contribution in [2.24, 2.45) is 5.41 Å². The Hall–Kier alpha value is -2.44. The number of ether oxygens (including phenoxy) is 1. The molecular formula is C13H11FN2O4. The second-order valence-electron chi connectivity index (χ2n) is 4.80. The van der Waals surface area contributed by atoms with Gasteiger partial charge < -0.3 is 4.74 Å². The summed E-state index contributed by atoms with van der Waals surface area (Å²) in [6.45, 7) is 0. The third-order valence-corrected chi connectivity index (χ3v) is 3.61. The van der Waals surface area contributed by atoms with Gasteiger partial charge in [0.25, 0.3) is 5.91 Å². The van der Waals surface area contributed by atoms with E-state index in [0.717, 1.165) is 11.0 Å². The lowest BCUT2D eigenvalue weighted by Gasteiger charge is -2.30. The van der Waals surface area contributed by atoms with Crippen LogP contribution in [0.2, 0.25) is 0 Å². The van der Waals surface area contributed by atoms with Crippen molar-refractivity contribution in [1.29, 1.82) is 0 Å². The lowest BCUT2D eigenvalue weighted by atomic mass is 10.0. The molecule has 3 rings (SSSR count). The molecule has 104 valence electrons. The van der Waals surface area contributed by atoms with E-state index in [0.29, 0.717) is 12.8 Å². The van der Waals surface area contributed by atoms with Gasteiger partial charge in [0.1, 0.15) is 5.41 Å². The average Bonchev–Trinajstić information content (AvgIpc) is 3.19. The number of nitrogens with one attached hydrogen (secondary N) is 1. The Morgan fingerprint density at radius 1 is 1.30 bits per heavy atom. The first-order valence-corrected chi connectivity index (χ1v) is 6.03. The number of imide groups is 2. The van der Waals surface area contributed by atoms with Gasteiger partial charge in [0.05, 0.1) is 12.8 Å². The van der Waals surface area contributed by atoms with Gasteiger partial charge in [-0.1, -0.05) is 0 Å². The molecule has 6 nitrogen and oxygen atoms in total. The van der Waals surface area contributed by atoms with E-state index in [4.69, 9.17) is 4.74 Å². The number of halogens is 1. The Morgan fingerprint density at radius 2 is 2.00 bits per heavy atom. The van der Waals surface area contributed by atoms with Crippen LogP contribution in [0.4, 0.5) is 14.9 Å². The standard InChI is InChI=1S/C13H11FN2O4/c1-20-9-3-2-7(6-8(9)14)16-11(18)13(4-5-13)10(17)15-12(16)19/h2-3,6H,4-5H2,1H3,(H,15,17,19). The van der Waals surface area contributed by atoms with Crippen LogP contribution in [0.15, 0.2) is 18.2 Å². The van der Waals surface area contributed by atoms with Crippen LogP contribution < -0.4 is 15.0 Å². The molecule has 1 aliphatic heterocycles. The van der Waals surface area contributed by atoms with Crippen LogP contribution in [-0.4, -0.2) is 25.0 Å². The van der Waals surface area contributed by atoms with E-state index in [1.165, 1.54) is 19.2 Å². The summed E-state index contributed by atoms with van der Waals surface area (Å²) in [6, 6.07) is 2.89. The van der Waals surface area contributed by atoms with Gasteiger partial charge >= 0.3 is 6.03 Å². The molecule has 1 aromatic carbocycles. The summed E-state index contributed by atoms with van der Waals surface area (Å²) in [4.78, 5) is 36.6. The van der Waals surface area contributed by atoms with E-state index in [-0.39, 0.29) is 11.4 Å². The Labute approximate surface area is 113 Å². The van der Waals surface area contributed by atoms with Crippen LogP contribution in [0.25, 0.3) is 0 Å². The lowest BCUT2D eigenvalue weighted by Crippen LogP contribution is -2.59. The van der Waals surface area contributed by atoms with Crippen molar-refractivity contribution in [3.05, 3.63) is 24.0 Å². The fraction of sp³-hybridized carbons (Fsp3) is 0.308. The number of anilines is 1. The topological polar surface area (TPSA) is 75.7 Å². The number of carbonyl (C=O) groups is 3. The molecule has 7 heteroatoms. The molecule has 4 amide bonds. The van der Waals surface area contributed by atoms with E-state index in [1.54, 1.807) is 0 Å².